The Hall–Kier alpha value is -1.47. The molecule has 3 rings (SSSR count). The monoisotopic (exact) mass is 371 g/mol. The predicted molar refractivity (Wildman–Crippen MR) is 96.2 cm³/mol. The number of halogens is 1. The third-order valence-corrected chi connectivity index (χ3v) is 6.67. The number of hydrogen-bond donors (Lipinski definition) is 2. The molecule has 0 aromatic heterocycles. The Morgan fingerprint density at radius 2 is 1.92 bits per heavy atom. The molecule has 1 aromatic carbocycles. The van der Waals surface area contributed by atoms with Gasteiger partial charge in [-0.25, -0.2) is 13.2 Å². The summed E-state index contributed by atoms with van der Waals surface area (Å²) in [4.78, 5) is 12.1. The van der Waals surface area contributed by atoms with E-state index in [1.54, 1.807) is 18.2 Å². The molecule has 132 valence electrons. The average molecular weight is 372 g/mol. The van der Waals surface area contributed by atoms with E-state index in [1.807, 2.05) is 0 Å². The topological polar surface area (TPSA) is 78.5 Å². The van der Waals surface area contributed by atoms with Crippen LogP contribution in [0.5, 0.6) is 0 Å². The van der Waals surface area contributed by atoms with E-state index in [9.17, 15) is 13.2 Å². The molecule has 0 atom stereocenters. The van der Waals surface area contributed by atoms with Gasteiger partial charge in [0.05, 0.1) is 16.5 Å². The van der Waals surface area contributed by atoms with Gasteiger partial charge in [-0.15, -0.1) is 0 Å². The molecular formula is C16H22ClN3O3S. The van der Waals surface area contributed by atoms with Gasteiger partial charge in [0.25, 0.3) is 0 Å². The maximum absolute atomic E-state index is 12.1. The number of benzene rings is 1. The summed E-state index contributed by atoms with van der Waals surface area (Å²) in [6.07, 6.45) is 6.16. The summed E-state index contributed by atoms with van der Waals surface area (Å²) in [6, 6.07) is 4.88. The second kappa shape index (κ2) is 7.19. The van der Waals surface area contributed by atoms with E-state index in [0.29, 0.717) is 29.4 Å². The van der Waals surface area contributed by atoms with Gasteiger partial charge in [0.1, 0.15) is 0 Å². The van der Waals surface area contributed by atoms with Crippen LogP contribution in [0.25, 0.3) is 0 Å². The number of rotatable bonds is 3. The fraction of sp³-hybridized carbons (Fsp3) is 0.562. The normalized spacial score (nSPS) is 20.8. The quantitative estimate of drug-likeness (QED) is 0.855. The summed E-state index contributed by atoms with van der Waals surface area (Å²) < 4.78 is 25.3. The summed E-state index contributed by atoms with van der Waals surface area (Å²) in [5.41, 5.74) is 1.01. The zero-order chi connectivity index (χ0) is 17.2. The number of hydrogen-bond acceptors (Lipinski definition) is 3. The second-order valence-corrected chi connectivity index (χ2v) is 8.76. The fourth-order valence-electron chi connectivity index (χ4n) is 3.30. The van der Waals surface area contributed by atoms with Gasteiger partial charge in [0.2, 0.25) is 10.0 Å². The van der Waals surface area contributed by atoms with Gasteiger partial charge >= 0.3 is 6.03 Å². The van der Waals surface area contributed by atoms with Gasteiger partial charge in [0, 0.05) is 18.3 Å². The Balaban J connectivity index is 1.65. The predicted octanol–water partition coefficient (Wildman–Crippen LogP) is 3.33. The van der Waals surface area contributed by atoms with Crippen LogP contribution in [0, 0.1) is 0 Å². The van der Waals surface area contributed by atoms with Crippen LogP contribution in [0.15, 0.2) is 18.2 Å². The Kier molecular flexibility index (Phi) is 5.20. The van der Waals surface area contributed by atoms with Crippen molar-refractivity contribution in [2.75, 3.05) is 21.9 Å². The first-order chi connectivity index (χ1) is 11.5. The molecule has 2 amide bonds. The van der Waals surface area contributed by atoms with Gasteiger partial charge < -0.3 is 10.6 Å². The lowest BCUT2D eigenvalue weighted by Gasteiger charge is -2.23. The Morgan fingerprint density at radius 3 is 2.54 bits per heavy atom. The molecule has 6 nitrogen and oxygen atoms in total. The van der Waals surface area contributed by atoms with Crippen LogP contribution in [0.1, 0.15) is 38.5 Å². The van der Waals surface area contributed by atoms with Crippen LogP contribution in [-0.4, -0.2) is 32.8 Å². The molecule has 2 N–H and O–H groups in total. The zero-order valence-electron chi connectivity index (χ0n) is 13.4. The number of amides is 2. The molecule has 2 fully saturated rings. The van der Waals surface area contributed by atoms with Gasteiger partial charge in [-0.2, -0.15) is 0 Å². The van der Waals surface area contributed by atoms with E-state index in [4.69, 9.17) is 11.6 Å². The lowest BCUT2D eigenvalue weighted by atomic mass is 9.96. The summed E-state index contributed by atoms with van der Waals surface area (Å²) in [5, 5.41) is 6.05. The third-order valence-electron chi connectivity index (χ3n) is 4.51. The fourth-order valence-corrected chi connectivity index (χ4v) is 5.21. The number of sulfonamides is 1. The van der Waals surface area contributed by atoms with Crippen molar-refractivity contribution in [3.63, 3.8) is 0 Å². The van der Waals surface area contributed by atoms with E-state index in [2.05, 4.69) is 10.6 Å². The Labute approximate surface area is 147 Å². The molecule has 8 heteroatoms. The first kappa shape index (κ1) is 17.4. The lowest BCUT2D eigenvalue weighted by molar-refractivity contribution is 0.244. The van der Waals surface area contributed by atoms with Crippen molar-refractivity contribution >= 4 is 39.0 Å². The number of nitrogens with zero attached hydrogens (tertiary/aromatic N) is 1. The number of carbonyl (C=O) groups is 1. The highest BCUT2D eigenvalue weighted by molar-refractivity contribution is 7.93. The minimum absolute atomic E-state index is 0.146. The molecule has 1 aliphatic carbocycles. The van der Waals surface area contributed by atoms with Gasteiger partial charge in [-0.3, -0.25) is 4.31 Å². The molecule has 0 unspecified atom stereocenters. The summed E-state index contributed by atoms with van der Waals surface area (Å²) >= 11 is 6.23. The van der Waals surface area contributed by atoms with Crippen molar-refractivity contribution in [2.45, 2.75) is 44.6 Å². The highest BCUT2D eigenvalue weighted by Gasteiger charge is 2.29. The summed E-state index contributed by atoms with van der Waals surface area (Å²) in [6.45, 7) is 0.441. The first-order valence-electron chi connectivity index (χ1n) is 8.33. The van der Waals surface area contributed by atoms with Crippen LogP contribution >= 0.6 is 11.6 Å². The van der Waals surface area contributed by atoms with Gasteiger partial charge in [0.15, 0.2) is 0 Å². The number of anilines is 2. The molecule has 24 heavy (non-hydrogen) atoms. The smallest absolute Gasteiger partial charge is 0.319 e. The van der Waals surface area contributed by atoms with Crippen molar-refractivity contribution < 1.29 is 13.2 Å². The van der Waals surface area contributed by atoms with Crippen molar-refractivity contribution in [2.24, 2.45) is 0 Å². The first-order valence-corrected chi connectivity index (χ1v) is 10.3. The van der Waals surface area contributed by atoms with Gasteiger partial charge in [-0.05, 0) is 37.5 Å². The van der Waals surface area contributed by atoms with E-state index < -0.39 is 10.0 Å². The summed E-state index contributed by atoms with van der Waals surface area (Å²) in [7, 11) is -3.27. The number of carbonyl (C=O) groups excluding carboxylic acids is 1. The molecule has 1 saturated heterocycles. The van der Waals surface area contributed by atoms with Crippen molar-refractivity contribution in [1.29, 1.82) is 0 Å². The van der Waals surface area contributed by atoms with Crippen molar-refractivity contribution in [1.82, 2.24) is 5.32 Å². The Bertz CT molecular complexity index is 717. The number of urea groups is 1. The van der Waals surface area contributed by atoms with Crippen LogP contribution in [0.3, 0.4) is 0 Å². The molecule has 0 bridgehead atoms. The van der Waals surface area contributed by atoms with Crippen LogP contribution < -0.4 is 14.9 Å². The molecule has 0 radical (unpaired) electrons. The van der Waals surface area contributed by atoms with Crippen LogP contribution in [-0.2, 0) is 10.0 Å². The minimum atomic E-state index is -3.27. The number of nitrogens with one attached hydrogen (secondary N) is 2. The lowest BCUT2D eigenvalue weighted by Crippen LogP contribution is -2.39. The molecule has 1 heterocycles. The summed E-state index contributed by atoms with van der Waals surface area (Å²) in [5.74, 6) is 0.146. The third kappa shape index (κ3) is 3.95. The standard InChI is InChI=1S/C16H22ClN3O3S/c17-14-11-13(19-16(21)18-12-5-2-1-3-6-12)7-8-15(14)20-9-4-10-24(20,22)23/h7-8,11-12H,1-6,9-10H2,(H2,18,19,21). The minimum Gasteiger partial charge on any atom is -0.335 e. The van der Waals surface area contributed by atoms with Crippen molar-refractivity contribution in [3.8, 4) is 0 Å². The SMILES string of the molecule is O=C(Nc1ccc(N2CCCS2(=O)=O)c(Cl)c1)NC1CCCCC1. The average Bonchev–Trinajstić information content (AvgIpc) is 2.87. The molecule has 2 aliphatic rings. The molecule has 1 saturated carbocycles. The van der Waals surface area contributed by atoms with E-state index in [-0.39, 0.29) is 17.8 Å². The molecule has 1 aliphatic heterocycles. The molecular weight excluding hydrogens is 350 g/mol. The van der Waals surface area contributed by atoms with Crippen molar-refractivity contribution in [3.05, 3.63) is 23.2 Å². The Morgan fingerprint density at radius 1 is 1.17 bits per heavy atom. The molecule has 1 aromatic rings. The molecule has 0 spiro atoms. The highest BCUT2D eigenvalue weighted by Crippen LogP contribution is 2.33. The van der Waals surface area contributed by atoms with Crippen LogP contribution in [0.4, 0.5) is 16.2 Å². The second-order valence-electron chi connectivity index (χ2n) is 6.34. The van der Waals surface area contributed by atoms with E-state index >= 15 is 0 Å². The maximum atomic E-state index is 12.1. The van der Waals surface area contributed by atoms with E-state index in [1.165, 1.54) is 10.7 Å². The maximum Gasteiger partial charge on any atom is 0.319 e. The highest BCUT2D eigenvalue weighted by atomic mass is 35.5. The van der Waals surface area contributed by atoms with Crippen LogP contribution in [0.2, 0.25) is 5.02 Å². The van der Waals surface area contributed by atoms with Gasteiger partial charge in [-0.1, -0.05) is 30.9 Å². The zero-order valence-corrected chi connectivity index (χ0v) is 15.0. The van der Waals surface area contributed by atoms with E-state index in [0.717, 1.165) is 25.7 Å². The largest absolute Gasteiger partial charge is 0.335 e.